The molecule has 0 atom stereocenters. The maximum absolute atomic E-state index is 8.08. The van der Waals surface area contributed by atoms with Gasteiger partial charge in [0.15, 0.2) is 0 Å². The van der Waals surface area contributed by atoms with Gasteiger partial charge in [0.1, 0.15) is 0 Å². The van der Waals surface area contributed by atoms with E-state index in [4.69, 9.17) is 5.26 Å². The molecule has 0 aromatic heterocycles. The summed E-state index contributed by atoms with van der Waals surface area (Å²) < 4.78 is 0. The van der Waals surface area contributed by atoms with E-state index in [9.17, 15) is 0 Å². The van der Waals surface area contributed by atoms with Crippen molar-refractivity contribution < 1.29 is 0 Å². The van der Waals surface area contributed by atoms with Crippen LogP contribution < -0.4 is 0 Å². The Balaban J connectivity index is 2.79. The smallest absolute Gasteiger partial charge is 0.181 e. The molecule has 0 aliphatic heterocycles. The SMILES string of the molecule is N#CN=Cc1ccccc1. The van der Waals surface area contributed by atoms with E-state index in [0.29, 0.717) is 0 Å². The van der Waals surface area contributed by atoms with Gasteiger partial charge in [0.05, 0.1) is 0 Å². The summed E-state index contributed by atoms with van der Waals surface area (Å²) in [6.45, 7) is 0. The van der Waals surface area contributed by atoms with Gasteiger partial charge in [-0.1, -0.05) is 30.3 Å². The Hall–Kier alpha value is -1.62. The molecule has 1 aromatic carbocycles. The van der Waals surface area contributed by atoms with Gasteiger partial charge >= 0.3 is 0 Å². The summed E-state index contributed by atoms with van der Waals surface area (Å²) in [6, 6.07) is 9.50. The van der Waals surface area contributed by atoms with Crippen LogP contribution in [0.15, 0.2) is 35.3 Å². The number of benzene rings is 1. The highest BCUT2D eigenvalue weighted by Gasteiger charge is 1.80. The lowest BCUT2D eigenvalue weighted by Gasteiger charge is -1.85. The Morgan fingerprint density at radius 2 is 2.00 bits per heavy atom. The van der Waals surface area contributed by atoms with Crippen LogP contribution in [0.2, 0.25) is 0 Å². The average molecular weight is 130 g/mol. The fraction of sp³-hybridized carbons (Fsp3) is 0. The summed E-state index contributed by atoms with van der Waals surface area (Å²) in [5.74, 6) is 0. The zero-order chi connectivity index (χ0) is 7.23. The molecule has 2 heteroatoms. The number of hydrogen-bond acceptors (Lipinski definition) is 2. The number of nitriles is 1. The predicted octanol–water partition coefficient (Wildman–Crippen LogP) is 1.59. The van der Waals surface area contributed by atoms with Crippen molar-refractivity contribution in [3.63, 3.8) is 0 Å². The summed E-state index contributed by atoms with van der Waals surface area (Å²) in [6.07, 6.45) is 3.21. The Labute approximate surface area is 59.4 Å². The minimum Gasteiger partial charge on any atom is -0.181 e. The predicted molar refractivity (Wildman–Crippen MR) is 39.6 cm³/mol. The lowest BCUT2D eigenvalue weighted by atomic mass is 10.2. The molecule has 0 fully saturated rings. The van der Waals surface area contributed by atoms with Crippen LogP contribution >= 0.6 is 0 Å². The number of rotatable bonds is 1. The van der Waals surface area contributed by atoms with Gasteiger partial charge in [-0.2, -0.15) is 10.3 Å². The van der Waals surface area contributed by atoms with Crippen LogP contribution in [-0.4, -0.2) is 6.21 Å². The maximum Gasteiger partial charge on any atom is 0.205 e. The number of aliphatic imine (C=N–C) groups is 1. The highest BCUT2D eigenvalue weighted by atomic mass is 14.7. The second kappa shape index (κ2) is 3.41. The first kappa shape index (κ1) is 6.50. The third-order valence-corrected chi connectivity index (χ3v) is 1.07. The van der Waals surface area contributed by atoms with Gasteiger partial charge < -0.3 is 0 Å². The second-order valence-electron chi connectivity index (χ2n) is 1.77. The monoisotopic (exact) mass is 130 g/mol. The van der Waals surface area contributed by atoms with Crippen molar-refractivity contribution in [3.05, 3.63) is 35.9 Å². The fourth-order valence-electron chi connectivity index (χ4n) is 0.643. The topological polar surface area (TPSA) is 36.1 Å². The van der Waals surface area contributed by atoms with Crippen LogP contribution in [-0.2, 0) is 0 Å². The van der Waals surface area contributed by atoms with E-state index in [2.05, 4.69) is 4.99 Å². The van der Waals surface area contributed by atoms with Crippen molar-refractivity contribution in [2.75, 3.05) is 0 Å². The van der Waals surface area contributed by atoms with E-state index in [1.807, 2.05) is 30.3 Å². The molecule has 0 aliphatic carbocycles. The lowest BCUT2D eigenvalue weighted by Crippen LogP contribution is -1.75. The summed E-state index contributed by atoms with van der Waals surface area (Å²) in [5, 5.41) is 8.08. The fourth-order valence-corrected chi connectivity index (χ4v) is 0.643. The molecule has 0 aliphatic rings. The molecule has 0 saturated heterocycles. The van der Waals surface area contributed by atoms with E-state index < -0.39 is 0 Å². The molecule has 0 spiro atoms. The second-order valence-corrected chi connectivity index (χ2v) is 1.77. The quantitative estimate of drug-likeness (QED) is 0.420. The van der Waals surface area contributed by atoms with E-state index in [1.54, 1.807) is 6.19 Å². The highest BCUT2D eigenvalue weighted by molar-refractivity contribution is 5.79. The molecular weight excluding hydrogens is 124 g/mol. The van der Waals surface area contributed by atoms with Gasteiger partial charge in [0.2, 0.25) is 6.19 Å². The van der Waals surface area contributed by atoms with Crippen LogP contribution in [0.5, 0.6) is 0 Å². The van der Waals surface area contributed by atoms with Crippen molar-refractivity contribution in [2.24, 2.45) is 4.99 Å². The van der Waals surface area contributed by atoms with Crippen molar-refractivity contribution in [2.45, 2.75) is 0 Å². The number of nitrogens with zero attached hydrogens (tertiary/aromatic N) is 2. The van der Waals surface area contributed by atoms with Crippen LogP contribution in [0.25, 0.3) is 0 Å². The highest BCUT2D eigenvalue weighted by Crippen LogP contribution is 1.92. The molecule has 0 amide bonds. The normalized spacial score (nSPS) is 9.50. The zero-order valence-corrected chi connectivity index (χ0v) is 5.36. The summed E-state index contributed by atoms with van der Waals surface area (Å²) >= 11 is 0. The first-order chi connectivity index (χ1) is 4.93. The molecule has 10 heavy (non-hydrogen) atoms. The van der Waals surface area contributed by atoms with Crippen molar-refractivity contribution in [1.29, 1.82) is 5.26 Å². The Kier molecular flexibility index (Phi) is 2.22. The third-order valence-electron chi connectivity index (χ3n) is 1.07. The van der Waals surface area contributed by atoms with Gasteiger partial charge in [-0.05, 0) is 5.56 Å². The number of hydrogen-bond donors (Lipinski definition) is 0. The third kappa shape index (κ3) is 1.71. The largest absolute Gasteiger partial charge is 0.205 e. The average Bonchev–Trinajstić information content (AvgIpc) is 2.03. The van der Waals surface area contributed by atoms with Gasteiger partial charge in [0.25, 0.3) is 0 Å². The molecule has 0 radical (unpaired) electrons. The first-order valence-electron chi connectivity index (χ1n) is 2.90. The van der Waals surface area contributed by atoms with Gasteiger partial charge in [0, 0.05) is 6.21 Å². The van der Waals surface area contributed by atoms with Crippen molar-refractivity contribution in [3.8, 4) is 6.19 Å². The van der Waals surface area contributed by atoms with Crippen LogP contribution in [0.1, 0.15) is 5.56 Å². The Bertz CT molecular complexity index is 256. The van der Waals surface area contributed by atoms with E-state index >= 15 is 0 Å². The van der Waals surface area contributed by atoms with Crippen LogP contribution in [0.4, 0.5) is 0 Å². The zero-order valence-electron chi connectivity index (χ0n) is 5.36. The van der Waals surface area contributed by atoms with Crippen molar-refractivity contribution in [1.82, 2.24) is 0 Å². The molecule has 1 aromatic rings. The molecule has 48 valence electrons. The molecule has 0 bridgehead atoms. The molecule has 0 N–H and O–H groups in total. The first-order valence-corrected chi connectivity index (χ1v) is 2.90. The molecular formula is C8H6N2. The van der Waals surface area contributed by atoms with Gasteiger partial charge in [-0.25, -0.2) is 0 Å². The van der Waals surface area contributed by atoms with Gasteiger partial charge in [-0.15, -0.1) is 0 Å². The molecule has 0 saturated carbocycles. The van der Waals surface area contributed by atoms with Gasteiger partial charge in [-0.3, -0.25) is 0 Å². The lowest BCUT2D eigenvalue weighted by molar-refractivity contribution is 1.44. The molecule has 2 nitrogen and oxygen atoms in total. The van der Waals surface area contributed by atoms with E-state index in [-0.39, 0.29) is 0 Å². The van der Waals surface area contributed by atoms with E-state index in [0.717, 1.165) is 5.56 Å². The molecule has 1 rings (SSSR count). The Morgan fingerprint density at radius 1 is 1.30 bits per heavy atom. The van der Waals surface area contributed by atoms with E-state index in [1.165, 1.54) is 6.21 Å². The summed E-state index contributed by atoms with van der Waals surface area (Å²) in [5.41, 5.74) is 0.948. The maximum atomic E-state index is 8.08. The molecule has 0 heterocycles. The van der Waals surface area contributed by atoms with Crippen LogP contribution in [0.3, 0.4) is 0 Å². The Morgan fingerprint density at radius 3 is 2.60 bits per heavy atom. The standard InChI is InChI=1S/C8H6N2/c9-7-10-6-8-4-2-1-3-5-8/h1-6H. The summed E-state index contributed by atoms with van der Waals surface area (Å²) in [4.78, 5) is 3.42. The van der Waals surface area contributed by atoms with Crippen molar-refractivity contribution >= 4 is 6.21 Å². The summed E-state index contributed by atoms with van der Waals surface area (Å²) in [7, 11) is 0. The minimum absolute atomic E-state index is 0.948. The van der Waals surface area contributed by atoms with Crippen LogP contribution in [0, 0.1) is 11.5 Å². The minimum atomic E-state index is 0.948. The molecule has 0 unspecified atom stereocenters.